The highest BCUT2D eigenvalue weighted by atomic mass is 16.5. The number of ether oxygens (including phenoxy) is 3. The van der Waals surface area contributed by atoms with Crippen LogP contribution in [0.3, 0.4) is 0 Å². The third kappa shape index (κ3) is 9.53. The fourth-order valence-electron chi connectivity index (χ4n) is 2.06. The number of hydrogen-bond donors (Lipinski definition) is 0. The van der Waals surface area contributed by atoms with E-state index in [0.717, 1.165) is 57.8 Å². The first-order valence-corrected chi connectivity index (χ1v) is 9.44. The molecule has 1 aromatic heterocycles. The fourth-order valence-corrected chi connectivity index (χ4v) is 2.06. The smallest absolute Gasteiger partial charge is 0.325 e. The molecule has 6 heteroatoms. The molecule has 6 nitrogen and oxygen atoms in total. The van der Waals surface area contributed by atoms with E-state index in [1.165, 1.54) is 0 Å². The summed E-state index contributed by atoms with van der Waals surface area (Å²) >= 11 is 0. The monoisotopic (exact) mass is 339 g/mol. The van der Waals surface area contributed by atoms with Crippen molar-refractivity contribution >= 4 is 0 Å². The van der Waals surface area contributed by atoms with Crippen LogP contribution in [0.15, 0.2) is 0 Å². The van der Waals surface area contributed by atoms with Gasteiger partial charge in [-0.3, -0.25) is 0 Å². The molecule has 0 aromatic carbocycles. The SMILES string of the molecule is CCCCCOc1nc(OCCCCC)nc(OCCCCC)n1. The predicted molar refractivity (Wildman–Crippen MR) is 94.9 cm³/mol. The molecule has 0 saturated carbocycles. The van der Waals surface area contributed by atoms with E-state index < -0.39 is 0 Å². The van der Waals surface area contributed by atoms with Crippen LogP contribution in [-0.4, -0.2) is 34.8 Å². The van der Waals surface area contributed by atoms with Crippen molar-refractivity contribution < 1.29 is 14.2 Å². The summed E-state index contributed by atoms with van der Waals surface area (Å²) in [5.41, 5.74) is 0. The lowest BCUT2D eigenvalue weighted by Crippen LogP contribution is -2.09. The van der Waals surface area contributed by atoms with E-state index >= 15 is 0 Å². The van der Waals surface area contributed by atoms with Crippen LogP contribution in [0.2, 0.25) is 0 Å². The number of hydrogen-bond acceptors (Lipinski definition) is 6. The van der Waals surface area contributed by atoms with E-state index in [9.17, 15) is 0 Å². The minimum Gasteiger partial charge on any atom is -0.463 e. The summed E-state index contributed by atoms with van der Waals surface area (Å²) in [6, 6.07) is 0.867. The maximum atomic E-state index is 5.62. The van der Waals surface area contributed by atoms with E-state index in [4.69, 9.17) is 14.2 Å². The van der Waals surface area contributed by atoms with Crippen molar-refractivity contribution in [2.75, 3.05) is 19.8 Å². The average molecular weight is 339 g/mol. The third-order valence-electron chi connectivity index (χ3n) is 3.51. The Morgan fingerprint density at radius 3 is 1.04 bits per heavy atom. The second-order valence-corrected chi connectivity index (χ2v) is 5.85. The molecule has 0 spiro atoms. The molecule has 138 valence electrons. The lowest BCUT2D eigenvalue weighted by Gasteiger charge is -2.09. The van der Waals surface area contributed by atoms with Gasteiger partial charge in [0.1, 0.15) is 0 Å². The van der Waals surface area contributed by atoms with E-state index in [2.05, 4.69) is 35.7 Å². The molecule has 0 bridgehead atoms. The Morgan fingerprint density at radius 2 is 0.792 bits per heavy atom. The van der Waals surface area contributed by atoms with Gasteiger partial charge in [-0.15, -0.1) is 15.0 Å². The Kier molecular flexibility index (Phi) is 11.8. The molecular weight excluding hydrogens is 306 g/mol. The molecule has 1 rings (SSSR count). The Balaban J connectivity index is 2.58. The van der Waals surface area contributed by atoms with Crippen LogP contribution < -0.4 is 14.2 Å². The van der Waals surface area contributed by atoms with Gasteiger partial charge >= 0.3 is 18.0 Å². The van der Waals surface area contributed by atoms with Crippen molar-refractivity contribution in [3.8, 4) is 18.0 Å². The van der Waals surface area contributed by atoms with E-state index in [-0.39, 0.29) is 18.0 Å². The fraction of sp³-hybridized carbons (Fsp3) is 0.833. The van der Waals surface area contributed by atoms with Gasteiger partial charge in [0, 0.05) is 0 Å². The number of rotatable bonds is 15. The van der Waals surface area contributed by atoms with Crippen molar-refractivity contribution in [3.63, 3.8) is 0 Å². The molecule has 0 N–H and O–H groups in total. The molecule has 0 fully saturated rings. The van der Waals surface area contributed by atoms with Crippen LogP contribution in [-0.2, 0) is 0 Å². The minimum atomic E-state index is 0.289. The summed E-state index contributed by atoms with van der Waals surface area (Å²) in [5.74, 6) is 0. The maximum Gasteiger partial charge on any atom is 0.325 e. The Labute approximate surface area is 146 Å². The van der Waals surface area contributed by atoms with Crippen LogP contribution in [0.5, 0.6) is 18.0 Å². The van der Waals surface area contributed by atoms with Crippen LogP contribution in [0.4, 0.5) is 0 Å². The quantitative estimate of drug-likeness (QED) is 0.436. The maximum absolute atomic E-state index is 5.62. The zero-order valence-corrected chi connectivity index (χ0v) is 15.6. The van der Waals surface area contributed by atoms with Crippen LogP contribution in [0.25, 0.3) is 0 Å². The van der Waals surface area contributed by atoms with Crippen LogP contribution in [0.1, 0.15) is 78.6 Å². The van der Waals surface area contributed by atoms with Gasteiger partial charge in [0.05, 0.1) is 19.8 Å². The number of aromatic nitrogens is 3. The summed E-state index contributed by atoms with van der Waals surface area (Å²) in [7, 11) is 0. The molecule has 0 aliphatic carbocycles. The van der Waals surface area contributed by atoms with Gasteiger partial charge in [-0.2, -0.15) is 0 Å². The van der Waals surface area contributed by atoms with Crippen molar-refractivity contribution in [2.45, 2.75) is 78.6 Å². The number of nitrogens with zero attached hydrogens (tertiary/aromatic N) is 3. The first kappa shape index (κ1) is 20.5. The van der Waals surface area contributed by atoms with Gasteiger partial charge in [-0.1, -0.05) is 59.3 Å². The third-order valence-corrected chi connectivity index (χ3v) is 3.51. The van der Waals surface area contributed by atoms with Gasteiger partial charge in [0.25, 0.3) is 0 Å². The standard InChI is InChI=1S/C18H33N3O3/c1-4-7-10-13-22-16-19-17(23-14-11-8-5-2)21-18(20-16)24-15-12-9-6-3/h4-15H2,1-3H3. The normalized spacial score (nSPS) is 10.6. The largest absolute Gasteiger partial charge is 0.463 e. The minimum absolute atomic E-state index is 0.289. The zero-order chi connectivity index (χ0) is 17.5. The molecule has 0 saturated heterocycles. The van der Waals surface area contributed by atoms with Crippen molar-refractivity contribution in [2.24, 2.45) is 0 Å². The molecule has 24 heavy (non-hydrogen) atoms. The molecule has 0 radical (unpaired) electrons. The molecule has 0 amide bonds. The van der Waals surface area contributed by atoms with Crippen LogP contribution in [0, 0.1) is 0 Å². The summed E-state index contributed by atoms with van der Waals surface area (Å²) in [6.07, 6.45) is 9.81. The van der Waals surface area contributed by atoms with Crippen molar-refractivity contribution in [1.29, 1.82) is 0 Å². The lowest BCUT2D eigenvalue weighted by molar-refractivity contribution is 0.228. The summed E-state index contributed by atoms with van der Waals surface area (Å²) in [5, 5.41) is 0. The molecule has 1 heterocycles. The molecule has 0 aliphatic heterocycles. The molecular formula is C18H33N3O3. The van der Waals surface area contributed by atoms with Gasteiger partial charge < -0.3 is 14.2 Å². The topological polar surface area (TPSA) is 66.4 Å². The second kappa shape index (κ2) is 13.8. The average Bonchev–Trinajstić information content (AvgIpc) is 2.59. The Bertz CT molecular complexity index is 356. The van der Waals surface area contributed by atoms with Gasteiger partial charge in [0.2, 0.25) is 0 Å². The highest BCUT2D eigenvalue weighted by Gasteiger charge is 2.10. The van der Waals surface area contributed by atoms with Crippen molar-refractivity contribution in [1.82, 2.24) is 15.0 Å². The van der Waals surface area contributed by atoms with Gasteiger partial charge in [-0.25, -0.2) is 0 Å². The van der Waals surface area contributed by atoms with Crippen LogP contribution >= 0.6 is 0 Å². The second-order valence-electron chi connectivity index (χ2n) is 5.85. The Hall–Kier alpha value is -1.59. The summed E-state index contributed by atoms with van der Waals surface area (Å²) < 4.78 is 16.9. The highest BCUT2D eigenvalue weighted by Crippen LogP contribution is 2.16. The van der Waals surface area contributed by atoms with Gasteiger partial charge in [0.15, 0.2) is 0 Å². The summed E-state index contributed by atoms with van der Waals surface area (Å²) in [4.78, 5) is 12.7. The molecule has 0 unspecified atom stereocenters. The van der Waals surface area contributed by atoms with E-state index in [0.29, 0.717) is 19.8 Å². The van der Waals surface area contributed by atoms with Gasteiger partial charge in [-0.05, 0) is 19.3 Å². The van der Waals surface area contributed by atoms with E-state index in [1.807, 2.05) is 0 Å². The first-order valence-electron chi connectivity index (χ1n) is 9.44. The highest BCUT2D eigenvalue weighted by molar-refractivity contribution is 5.08. The number of unbranched alkanes of at least 4 members (excludes halogenated alkanes) is 6. The predicted octanol–water partition coefficient (Wildman–Crippen LogP) is 4.58. The molecule has 0 aliphatic rings. The summed E-state index contributed by atoms with van der Waals surface area (Å²) in [6.45, 7) is 8.28. The van der Waals surface area contributed by atoms with Crippen molar-refractivity contribution in [3.05, 3.63) is 0 Å². The Morgan fingerprint density at radius 1 is 0.500 bits per heavy atom. The molecule has 1 aromatic rings. The lowest BCUT2D eigenvalue weighted by atomic mass is 10.3. The molecule has 0 atom stereocenters. The van der Waals surface area contributed by atoms with E-state index in [1.54, 1.807) is 0 Å². The zero-order valence-electron chi connectivity index (χ0n) is 15.6. The first-order chi connectivity index (χ1) is 11.8.